The van der Waals surface area contributed by atoms with Gasteiger partial charge in [0, 0.05) is 13.1 Å². The number of thiophene rings is 1. The second-order valence-electron chi connectivity index (χ2n) is 6.82. The summed E-state index contributed by atoms with van der Waals surface area (Å²) in [5.74, 6) is 0.183. The Balaban J connectivity index is 1.55. The van der Waals surface area contributed by atoms with Gasteiger partial charge in [0.25, 0.3) is 5.56 Å². The molecule has 6 nitrogen and oxygen atoms in total. The lowest BCUT2D eigenvalue weighted by Gasteiger charge is -2.25. The molecule has 1 N–H and O–H groups in total. The van der Waals surface area contributed by atoms with E-state index in [2.05, 4.69) is 45.2 Å². The predicted molar refractivity (Wildman–Crippen MR) is 111 cm³/mol. The summed E-state index contributed by atoms with van der Waals surface area (Å²) in [7, 11) is 1.34. The van der Waals surface area contributed by atoms with Gasteiger partial charge in [0.05, 0.1) is 19.0 Å². The number of methoxy groups -OCH3 is 1. The zero-order valence-electron chi connectivity index (χ0n) is 15.8. The Bertz CT molecular complexity index is 1120. The van der Waals surface area contributed by atoms with Crippen LogP contribution >= 0.6 is 11.3 Å². The molecule has 0 bridgehead atoms. The molecule has 7 heteroatoms. The zero-order valence-corrected chi connectivity index (χ0v) is 16.6. The van der Waals surface area contributed by atoms with Gasteiger partial charge in [-0.2, -0.15) is 0 Å². The molecule has 0 aliphatic carbocycles. The van der Waals surface area contributed by atoms with Crippen molar-refractivity contribution in [2.24, 2.45) is 0 Å². The summed E-state index contributed by atoms with van der Waals surface area (Å²) in [4.78, 5) is 35.2. The number of carbonyl (C=O) groups excluding carboxylic acids is 1. The molecule has 1 aliphatic heterocycles. The van der Waals surface area contributed by atoms with Crippen molar-refractivity contribution in [1.29, 1.82) is 0 Å². The third kappa shape index (κ3) is 3.50. The number of hydrogen-bond acceptors (Lipinski definition) is 6. The summed E-state index contributed by atoms with van der Waals surface area (Å²) in [6, 6.07) is 10.4. The molecular weight excluding hydrogens is 374 g/mol. The first kappa shape index (κ1) is 18.6. The Morgan fingerprint density at radius 2 is 2.11 bits per heavy atom. The van der Waals surface area contributed by atoms with Crippen LogP contribution in [0.5, 0.6) is 0 Å². The summed E-state index contributed by atoms with van der Waals surface area (Å²) < 4.78 is 4.80. The fourth-order valence-electron chi connectivity index (χ4n) is 3.53. The standard InChI is InChI=1S/C21H21N3O3S/c1-13-17-19(25)22-16(23-20(17)28-18(13)21(26)27-2)12-24-10-8-15(9-11-24)14-6-4-3-5-7-14/h3-8H,9-12H2,1-2H3,(H,22,23,25). The topological polar surface area (TPSA) is 75.3 Å². The Morgan fingerprint density at radius 3 is 2.79 bits per heavy atom. The summed E-state index contributed by atoms with van der Waals surface area (Å²) in [6.07, 6.45) is 3.20. The van der Waals surface area contributed by atoms with Gasteiger partial charge in [-0.15, -0.1) is 11.3 Å². The van der Waals surface area contributed by atoms with E-state index >= 15 is 0 Å². The molecule has 1 aliphatic rings. The maximum absolute atomic E-state index is 12.6. The van der Waals surface area contributed by atoms with Gasteiger partial charge in [0.1, 0.15) is 15.5 Å². The van der Waals surface area contributed by atoms with Gasteiger partial charge in [0.15, 0.2) is 0 Å². The Kier molecular flexibility index (Phi) is 5.11. The first-order chi connectivity index (χ1) is 13.6. The van der Waals surface area contributed by atoms with E-state index in [0.717, 1.165) is 19.5 Å². The average Bonchev–Trinajstić information content (AvgIpc) is 3.05. The average molecular weight is 395 g/mol. The quantitative estimate of drug-likeness (QED) is 0.686. The number of fused-ring (bicyclic) bond motifs is 1. The van der Waals surface area contributed by atoms with Crippen molar-refractivity contribution in [3.05, 3.63) is 68.6 Å². The smallest absolute Gasteiger partial charge is 0.348 e. The van der Waals surface area contributed by atoms with Crippen LogP contribution in [0, 0.1) is 6.92 Å². The van der Waals surface area contributed by atoms with Crippen molar-refractivity contribution in [2.45, 2.75) is 19.9 Å². The lowest BCUT2D eigenvalue weighted by molar-refractivity contribution is 0.0605. The van der Waals surface area contributed by atoms with Crippen LogP contribution in [0.2, 0.25) is 0 Å². The molecule has 0 radical (unpaired) electrons. The molecule has 4 rings (SSSR count). The third-order valence-corrected chi connectivity index (χ3v) is 6.20. The number of aryl methyl sites for hydroxylation is 1. The van der Waals surface area contributed by atoms with Gasteiger partial charge in [-0.3, -0.25) is 9.69 Å². The van der Waals surface area contributed by atoms with Gasteiger partial charge in [-0.05, 0) is 30.0 Å². The fourth-order valence-corrected chi connectivity index (χ4v) is 4.65. The van der Waals surface area contributed by atoms with Crippen LogP contribution in [0.4, 0.5) is 0 Å². The Hall–Kier alpha value is -2.77. The van der Waals surface area contributed by atoms with E-state index in [0.29, 0.717) is 33.0 Å². The number of aromatic nitrogens is 2. The van der Waals surface area contributed by atoms with E-state index in [1.54, 1.807) is 6.92 Å². The van der Waals surface area contributed by atoms with Crippen molar-refractivity contribution < 1.29 is 9.53 Å². The molecule has 0 fully saturated rings. The molecule has 144 valence electrons. The molecule has 0 atom stereocenters. The van der Waals surface area contributed by atoms with E-state index in [-0.39, 0.29) is 5.56 Å². The predicted octanol–water partition coefficient (Wildman–Crippen LogP) is 3.37. The van der Waals surface area contributed by atoms with Crippen molar-refractivity contribution in [1.82, 2.24) is 14.9 Å². The van der Waals surface area contributed by atoms with E-state index in [1.807, 2.05) is 6.07 Å². The highest BCUT2D eigenvalue weighted by Gasteiger charge is 2.20. The van der Waals surface area contributed by atoms with Crippen LogP contribution in [0.1, 0.15) is 33.0 Å². The molecule has 3 aromatic rings. The van der Waals surface area contributed by atoms with Crippen molar-refractivity contribution in [2.75, 3.05) is 20.2 Å². The van der Waals surface area contributed by atoms with Crippen LogP contribution in [0.3, 0.4) is 0 Å². The molecule has 1 aromatic carbocycles. The first-order valence-corrected chi connectivity index (χ1v) is 9.96. The van der Waals surface area contributed by atoms with Gasteiger partial charge in [-0.25, -0.2) is 9.78 Å². The van der Waals surface area contributed by atoms with Crippen LogP contribution < -0.4 is 5.56 Å². The molecule has 0 saturated carbocycles. The fraction of sp³-hybridized carbons (Fsp3) is 0.286. The van der Waals surface area contributed by atoms with Gasteiger partial charge < -0.3 is 9.72 Å². The largest absolute Gasteiger partial charge is 0.465 e. The maximum Gasteiger partial charge on any atom is 0.348 e. The highest BCUT2D eigenvalue weighted by molar-refractivity contribution is 7.20. The van der Waals surface area contributed by atoms with Crippen molar-refractivity contribution in [3.63, 3.8) is 0 Å². The van der Waals surface area contributed by atoms with E-state index in [9.17, 15) is 9.59 Å². The minimum atomic E-state index is -0.434. The van der Waals surface area contributed by atoms with Crippen LogP contribution in [0.25, 0.3) is 15.8 Å². The van der Waals surface area contributed by atoms with E-state index in [4.69, 9.17) is 4.74 Å². The molecule has 0 unspecified atom stereocenters. The van der Waals surface area contributed by atoms with Crippen LogP contribution in [0.15, 0.2) is 41.2 Å². The van der Waals surface area contributed by atoms with E-state index in [1.165, 1.54) is 29.6 Å². The number of aromatic amines is 1. The van der Waals surface area contributed by atoms with E-state index < -0.39 is 5.97 Å². The molecule has 0 spiro atoms. The minimum Gasteiger partial charge on any atom is -0.465 e. The zero-order chi connectivity index (χ0) is 19.7. The number of nitrogens with zero attached hydrogens (tertiary/aromatic N) is 2. The highest BCUT2D eigenvalue weighted by atomic mass is 32.1. The molecular formula is C21H21N3O3S. The number of esters is 1. The lowest BCUT2D eigenvalue weighted by Crippen LogP contribution is -2.29. The van der Waals surface area contributed by atoms with Gasteiger partial charge in [-0.1, -0.05) is 36.4 Å². The molecule has 2 aromatic heterocycles. The van der Waals surface area contributed by atoms with Gasteiger partial charge >= 0.3 is 5.97 Å². The minimum absolute atomic E-state index is 0.207. The Labute approximate surface area is 166 Å². The number of ether oxygens (including phenoxy) is 1. The van der Waals surface area contributed by atoms with Crippen molar-refractivity contribution >= 4 is 33.1 Å². The second kappa shape index (κ2) is 7.69. The summed E-state index contributed by atoms with van der Waals surface area (Å²) in [5.41, 5.74) is 3.03. The van der Waals surface area contributed by atoms with Gasteiger partial charge in [0.2, 0.25) is 0 Å². The summed E-state index contributed by atoms with van der Waals surface area (Å²) >= 11 is 1.21. The Morgan fingerprint density at radius 1 is 1.32 bits per heavy atom. The monoisotopic (exact) mass is 395 g/mol. The van der Waals surface area contributed by atoms with Crippen LogP contribution in [-0.4, -0.2) is 41.0 Å². The number of rotatable bonds is 4. The first-order valence-electron chi connectivity index (χ1n) is 9.14. The third-order valence-electron chi connectivity index (χ3n) is 5.03. The summed E-state index contributed by atoms with van der Waals surface area (Å²) in [6.45, 7) is 4.03. The molecule has 28 heavy (non-hydrogen) atoms. The molecule has 0 amide bonds. The normalized spacial score (nSPS) is 14.9. The van der Waals surface area contributed by atoms with Crippen LogP contribution in [-0.2, 0) is 11.3 Å². The summed E-state index contributed by atoms with van der Waals surface area (Å²) in [5, 5.41) is 0.471. The maximum atomic E-state index is 12.6. The number of H-pyrrole nitrogens is 1. The number of benzene rings is 1. The highest BCUT2D eigenvalue weighted by Crippen LogP contribution is 2.28. The SMILES string of the molecule is COC(=O)c1sc2nc(CN3CC=C(c4ccccc4)CC3)[nH]c(=O)c2c1C. The lowest BCUT2D eigenvalue weighted by atomic mass is 10.00. The molecule has 3 heterocycles. The number of nitrogens with one attached hydrogen (secondary N) is 1. The number of hydrogen-bond donors (Lipinski definition) is 1. The number of carbonyl (C=O) groups is 1. The second-order valence-corrected chi connectivity index (χ2v) is 7.82. The van der Waals surface area contributed by atoms with Crippen molar-refractivity contribution in [3.8, 4) is 0 Å². The molecule has 0 saturated heterocycles.